The van der Waals surface area contributed by atoms with E-state index in [9.17, 15) is 0 Å². The Balaban J connectivity index is 2.09. The fourth-order valence-corrected chi connectivity index (χ4v) is 2.08. The Bertz CT molecular complexity index is 579. The van der Waals surface area contributed by atoms with E-state index >= 15 is 0 Å². The highest BCUT2D eigenvalue weighted by Gasteiger charge is 2.18. The highest BCUT2D eigenvalue weighted by molar-refractivity contribution is 5.59. The van der Waals surface area contributed by atoms with E-state index < -0.39 is 0 Å². The molecule has 0 bridgehead atoms. The van der Waals surface area contributed by atoms with Gasteiger partial charge in [0.2, 0.25) is 0 Å². The van der Waals surface area contributed by atoms with Gasteiger partial charge in [-0.05, 0) is 19.1 Å². The molecule has 6 nitrogen and oxygen atoms in total. The van der Waals surface area contributed by atoms with Gasteiger partial charge in [0.25, 0.3) is 0 Å². The standard InChI is InChI=1S/C13H15N5O/c1-8-2-3-9(6-15-8)12-16-11-4-5-19-7-10(11)13(17-12)18-14/h2-3,6H,4-5,7,14H2,1H3,(H,16,17,18). The molecule has 1 aliphatic rings. The summed E-state index contributed by atoms with van der Waals surface area (Å²) in [5.74, 6) is 6.80. The SMILES string of the molecule is Cc1ccc(-c2nc3c(c(NN)n2)COCC3)cn1. The van der Waals surface area contributed by atoms with Crippen LogP contribution in [0, 0.1) is 6.92 Å². The maximum Gasteiger partial charge on any atom is 0.163 e. The van der Waals surface area contributed by atoms with Gasteiger partial charge in [0, 0.05) is 29.4 Å². The van der Waals surface area contributed by atoms with Crippen LogP contribution < -0.4 is 11.3 Å². The molecule has 19 heavy (non-hydrogen) atoms. The number of anilines is 1. The highest BCUT2D eigenvalue weighted by Crippen LogP contribution is 2.25. The molecule has 3 N–H and O–H groups in total. The van der Waals surface area contributed by atoms with Gasteiger partial charge < -0.3 is 10.2 Å². The Morgan fingerprint density at radius 3 is 2.95 bits per heavy atom. The maximum atomic E-state index is 5.53. The minimum atomic E-state index is 0.501. The molecule has 6 heteroatoms. The van der Waals surface area contributed by atoms with E-state index in [-0.39, 0.29) is 0 Å². The van der Waals surface area contributed by atoms with Crippen LogP contribution in [-0.2, 0) is 17.8 Å². The van der Waals surface area contributed by atoms with Crippen LogP contribution in [0.5, 0.6) is 0 Å². The van der Waals surface area contributed by atoms with Crippen molar-refractivity contribution in [1.29, 1.82) is 0 Å². The van der Waals surface area contributed by atoms with Crippen molar-refractivity contribution in [2.75, 3.05) is 12.0 Å². The normalized spacial score (nSPS) is 14.0. The predicted molar refractivity (Wildman–Crippen MR) is 71.2 cm³/mol. The molecule has 0 aromatic carbocycles. The lowest BCUT2D eigenvalue weighted by atomic mass is 10.1. The molecule has 2 aromatic heterocycles. The smallest absolute Gasteiger partial charge is 0.163 e. The first kappa shape index (κ1) is 12.0. The fraction of sp³-hybridized carbons (Fsp3) is 0.308. The van der Waals surface area contributed by atoms with Crippen LogP contribution in [0.25, 0.3) is 11.4 Å². The quantitative estimate of drug-likeness (QED) is 0.621. The number of nitrogens with one attached hydrogen (secondary N) is 1. The van der Waals surface area contributed by atoms with E-state index in [1.807, 2.05) is 19.1 Å². The van der Waals surface area contributed by atoms with Crippen LogP contribution in [0.4, 0.5) is 5.82 Å². The Labute approximate surface area is 111 Å². The van der Waals surface area contributed by atoms with E-state index in [2.05, 4.69) is 20.4 Å². The molecule has 0 fully saturated rings. The topological polar surface area (TPSA) is 86.0 Å². The summed E-state index contributed by atoms with van der Waals surface area (Å²) in [4.78, 5) is 13.3. The van der Waals surface area contributed by atoms with Crippen molar-refractivity contribution < 1.29 is 4.74 Å². The molecule has 0 radical (unpaired) electrons. The Hall–Kier alpha value is -2.05. The zero-order valence-electron chi connectivity index (χ0n) is 10.7. The minimum Gasteiger partial charge on any atom is -0.376 e. The first-order valence-corrected chi connectivity index (χ1v) is 6.15. The van der Waals surface area contributed by atoms with Crippen LogP contribution in [0.1, 0.15) is 17.0 Å². The van der Waals surface area contributed by atoms with Crippen LogP contribution in [0.15, 0.2) is 18.3 Å². The second-order valence-electron chi connectivity index (χ2n) is 4.46. The molecule has 0 atom stereocenters. The van der Waals surface area contributed by atoms with E-state index in [4.69, 9.17) is 10.6 Å². The Morgan fingerprint density at radius 2 is 2.21 bits per heavy atom. The predicted octanol–water partition coefficient (Wildman–Crippen LogP) is 1.21. The molecule has 0 saturated heterocycles. The number of fused-ring (bicyclic) bond motifs is 1. The third-order valence-corrected chi connectivity index (χ3v) is 3.13. The van der Waals surface area contributed by atoms with E-state index in [0.29, 0.717) is 24.9 Å². The summed E-state index contributed by atoms with van der Waals surface area (Å²) in [6.45, 7) is 3.13. The maximum absolute atomic E-state index is 5.53. The summed E-state index contributed by atoms with van der Waals surface area (Å²) < 4.78 is 5.41. The number of aryl methyl sites for hydroxylation is 1. The van der Waals surface area contributed by atoms with Crippen molar-refractivity contribution in [3.8, 4) is 11.4 Å². The summed E-state index contributed by atoms with van der Waals surface area (Å²) in [6.07, 6.45) is 2.55. The number of hydrogen-bond acceptors (Lipinski definition) is 6. The second-order valence-corrected chi connectivity index (χ2v) is 4.46. The van der Waals surface area contributed by atoms with E-state index in [1.165, 1.54) is 0 Å². The van der Waals surface area contributed by atoms with Gasteiger partial charge in [-0.15, -0.1) is 0 Å². The van der Waals surface area contributed by atoms with Crippen molar-refractivity contribution >= 4 is 5.82 Å². The van der Waals surface area contributed by atoms with Crippen molar-refractivity contribution in [3.63, 3.8) is 0 Å². The molecule has 98 valence electrons. The van der Waals surface area contributed by atoms with Gasteiger partial charge in [0.05, 0.1) is 18.9 Å². The largest absolute Gasteiger partial charge is 0.376 e. The van der Waals surface area contributed by atoms with E-state index in [1.54, 1.807) is 6.20 Å². The summed E-state index contributed by atoms with van der Waals surface area (Å²) in [5, 5.41) is 0. The molecular weight excluding hydrogens is 242 g/mol. The molecule has 0 amide bonds. The lowest BCUT2D eigenvalue weighted by molar-refractivity contribution is 0.109. The van der Waals surface area contributed by atoms with Gasteiger partial charge in [-0.2, -0.15) is 0 Å². The zero-order valence-corrected chi connectivity index (χ0v) is 10.7. The Morgan fingerprint density at radius 1 is 1.32 bits per heavy atom. The molecule has 3 rings (SSSR count). The van der Waals surface area contributed by atoms with Gasteiger partial charge in [-0.1, -0.05) is 0 Å². The Kier molecular flexibility index (Phi) is 3.10. The third-order valence-electron chi connectivity index (χ3n) is 3.13. The zero-order chi connectivity index (χ0) is 13.2. The average Bonchev–Trinajstić information content (AvgIpc) is 2.47. The van der Waals surface area contributed by atoms with Gasteiger partial charge in [0.15, 0.2) is 5.82 Å². The van der Waals surface area contributed by atoms with E-state index in [0.717, 1.165) is 28.9 Å². The molecule has 0 unspecified atom stereocenters. The molecule has 0 saturated carbocycles. The van der Waals surface area contributed by atoms with Gasteiger partial charge in [0.1, 0.15) is 5.82 Å². The van der Waals surface area contributed by atoms with Crippen molar-refractivity contribution in [3.05, 3.63) is 35.3 Å². The lowest BCUT2D eigenvalue weighted by Crippen LogP contribution is -2.19. The molecule has 0 spiro atoms. The number of nitrogen functional groups attached to an aromatic ring is 1. The first-order chi connectivity index (χ1) is 9.28. The average molecular weight is 257 g/mol. The van der Waals surface area contributed by atoms with Crippen LogP contribution in [0.3, 0.4) is 0 Å². The number of rotatable bonds is 2. The number of pyridine rings is 1. The number of nitrogens with two attached hydrogens (primary N) is 1. The van der Waals surface area contributed by atoms with Crippen molar-refractivity contribution in [2.24, 2.45) is 5.84 Å². The number of nitrogens with zero attached hydrogens (tertiary/aromatic N) is 3. The third kappa shape index (κ3) is 2.27. The number of hydrazine groups is 1. The summed E-state index contributed by atoms with van der Waals surface area (Å²) in [7, 11) is 0. The lowest BCUT2D eigenvalue weighted by Gasteiger charge is -2.19. The summed E-state index contributed by atoms with van der Waals surface area (Å²) in [6, 6.07) is 3.90. The first-order valence-electron chi connectivity index (χ1n) is 6.15. The van der Waals surface area contributed by atoms with Gasteiger partial charge in [-0.3, -0.25) is 4.98 Å². The monoisotopic (exact) mass is 257 g/mol. The summed E-state index contributed by atoms with van der Waals surface area (Å²) in [5.41, 5.74) is 6.41. The number of aromatic nitrogens is 3. The molecule has 2 aromatic rings. The van der Waals surface area contributed by atoms with Crippen LogP contribution in [-0.4, -0.2) is 21.6 Å². The number of hydrogen-bond donors (Lipinski definition) is 2. The molecule has 3 heterocycles. The fourth-order valence-electron chi connectivity index (χ4n) is 2.08. The van der Waals surface area contributed by atoms with Crippen molar-refractivity contribution in [1.82, 2.24) is 15.0 Å². The molecule has 1 aliphatic heterocycles. The van der Waals surface area contributed by atoms with Crippen molar-refractivity contribution in [2.45, 2.75) is 20.0 Å². The van der Waals surface area contributed by atoms with Gasteiger partial charge >= 0.3 is 0 Å². The second kappa shape index (κ2) is 4.91. The van der Waals surface area contributed by atoms with Crippen LogP contribution >= 0.6 is 0 Å². The minimum absolute atomic E-state index is 0.501. The highest BCUT2D eigenvalue weighted by atomic mass is 16.5. The molecular formula is C13H15N5O. The summed E-state index contributed by atoms with van der Waals surface area (Å²) >= 11 is 0. The molecule has 0 aliphatic carbocycles. The number of ether oxygens (including phenoxy) is 1. The van der Waals surface area contributed by atoms with Gasteiger partial charge in [-0.25, -0.2) is 15.8 Å². The van der Waals surface area contributed by atoms with Crippen LogP contribution in [0.2, 0.25) is 0 Å².